The van der Waals surface area contributed by atoms with Gasteiger partial charge in [-0.05, 0) is 49.8 Å². The van der Waals surface area contributed by atoms with E-state index in [1.54, 1.807) is 24.3 Å². The molecule has 6 nitrogen and oxygen atoms in total. The Labute approximate surface area is 169 Å². The van der Waals surface area contributed by atoms with Gasteiger partial charge in [-0.3, -0.25) is 9.52 Å². The second kappa shape index (κ2) is 10.8. The number of sulfonamides is 1. The Morgan fingerprint density at radius 2 is 1.89 bits per heavy atom. The van der Waals surface area contributed by atoms with Crippen molar-refractivity contribution < 1.29 is 18.3 Å². The van der Waals surface area contributed by atoms with E-state index in [-0.39, 0.29) is 5.91 Å². The normalized spacial score (nSPS) is 16.1. The van der Waals surface area contributed by atoms with Crippen molar-refractivity contribution in [2.45, 2.75) is 64.4 Å². The second-order valence-electron chi connectivity index (χ2n) is 7.82. The zero-order valence-electron chi connectivity index (χ0n) is 17.1. The van der Waals surface area contributed by atoms with Crippen LogP contribution in [0, 0.1) is 5.92 Å². The molecule has 1 fully saturated rings. The first-order valence-corrected chi connectivity index (χ1v) is 12.2. The third-order valence-corrected chi connectivity index (χ3v) is 6.09. The molecule has 1 saturated carbocycles. The summed E-state index contributed by atoms with van der Waals surface area (Å²) >= 11 is 0. The van der Waals surface area contributed by atoms with Gasteiger partial charge >= 0.3 is 0 Å². The number of carbonyl (C=O) groups excluding carboxylic acids is 1. The van der Waals surface area contributed by atoms with E-state index in [2.05, 4.69) is 4.72 Å². The summed E-state index contributed by atoms with van der Waals surface area (Å²) in [4.78, 5) is 14.3. The molecule has 0 aliphatic heterocycles. The van der Waals surface area contributed by atoms with Gasteiger partial charge in [-0.25, -0.2) is 8.42 Å². The van der Waals surface area contributed by atoms with Crippen LogP contribution < -0.4 is 4.72 Å². The molecule has 0 bridgehead atoms. The maximum absolute atomic E-state index is 12.4. The summed E-state index contributed by atoms with van der Waals surface area (Å²) in [5.74, 6) is 0.949. The molecule has 0 spiro atoms. The van der Waals surface area contributed by atoms with Gasteiger partial charge in [0.05, 0.1) is 12.4 Å². The average molecular weight is 411 g/mol. The maximum atomic E-state index is 12.4. The molecule has 1 aromatic rings. The molecule has 0 saturated heterocycles. The summed E-state index contributed by atoms with van der Waals surface area (Å²) in [5, 5.41) is 10.4. The van der Waals surface area contributed by atoms with Crippen LogP contribution in [0.15, 0.2) is 24.3 Å². The van der Waals surface area contributed by atoms with Crippen molar-refractivity contribution in [1.82, 2.24) is 4.90 Å². The fourth-order valence-electron chi connectivity index (χ4n) is 3.87. The first-order chi connectivity index (χ1) is 13.3. The van der Waals surface area contributed by atoms with Crippen LogP contribution in [0.3, 0.4) is 0 Å². The quantitative estimate of drug-likeness (QED) is 0.582. The molecule has 1 aliphatic rings. The molecule has 1 atom stereocenters. The molecule has 28 heavy (non-hydrogen) atoms. The number of hydrogen-bond acceptors (Lipinski definition) is 4. The van der Waals surface area contributed by atoms with E-state index in [1.165, 1.54) is 25.7 Å². The van der Waals surface area contributed by atoms with Crippen molar-refractivity contribution in [2.75, 3.05) is 24.1 Å². The van der Waals surface area contributed by atoms with Gasteiger partial charge in [-0.2, -0.15) is 0 Å². The zero-order chi connectivity index (χ0) is 20.6. The molecule has 158 valence electrons. The van der Waals surface area contributed by atoms with E-state index in [0.717, 1.165) is 30.6 Å². The Kier molecular flexibility index (Phi) is 8.76. The number of nitrogens with one attached hydrogen (secondary N) is 1. The summed E-state index contributed by atoms with van der Waals surface area (Å²) in [6, 6.07) is 6.74. The highest BCUT2D eigenvalue weighted by Crippen LogP contribution is 2.28. The number of amides is 1. The van der Waals surface area contributed by atoms with Gasteiger partial charge in [0, 0.05) is 25.2 Å². The predicted octanol–water partition coefficient (Wildman–Crippen LogP) is 3.69. The van der Waals surface area contributed by atoms with E-state index in [4.69, 9.17) is 0 Å². The number of benzene rings is 1. The van der Waals surface area contributed by atoms with Gasteiger partial charge in [0.2, 0.25) is 15.9 Å². The summed E-state index contributed by atoms with van der Waals surface area (Å²) in [6.45, 7) is 3.35. The maximum Gasteiger partial charge on any atom is 0.229 e. The minimum Gasteiger partial charge on any atom is -0.388 e. The standard InChI is InChI=1S/C21H34N2O4S/c1-3-23(21(25)15-10-17-7-4-5-8-17)16-6-9-20(24)18-11-13-19(14-12-18)22-28(2,26)27/h11-14,17,20,22,24H,3-10,15-16H2,1-2H3. The summed E-state index contributed by atoms with van der Waals surface area (Å²) in [6.07, 6.45) is 8.55. The van der Waals surface area contributed by atoms with E-state index in [1.807, 2.05) is 11.8 Å². The van der Waals surface area contributed by atoms with Crippen molar-refractivity contribution in [1.29, 1.82) is 0 Å². The molecule has 0 radical (unpaired) electrons. The lowest BCUT2D eigenvalue weighted by Gasteiger charge is -2.22. The number of aliphatic hydroxyl groups excluding tert-OH is 1. The summed E-state index contributed by atoms with van der Waals surface area (Å²) in [5.41, 5.74) is 1.22. The Morgan fingerprint density at radius 1 is 1.25 bits per heavy atom. The summed E-state index contributed by atoms with van der Waals surface area (Å²) < 4.78 is 24.9. The lowest BCUT2D eigenvalue weighted by Crippen LogP contribution is -2.32. The Morgan fingerprint density at radius 3 is 2.46 bits per heavy atom. The highest BCUT2D eigenvalue weighted by molar-refractivity contribution is 7.92. The fraction of sp³-hybridized carbons (Fsp3) is 0.667. The first kappa shape index (κ1) is 22.7. The Balaban J connectivity index is 1.74. The Hall–Kier alpha value is -1.60. The van der Waals surface area contributed by atoms with Crippen LogP contribution in [-0.4, -0.2) is 43.7 Å². The second-order valence-corrected chi connectivity index (χ2v) is 9.57. The smallest absolute Gasteiger partial charge is 0.229 e. The zero-order valence-corrected chi connectivity index (χ0v) is 17.9. The van der Waals surface area contributed by atoms with Crippen LogP contribution in [0.4, 0.5) is 5.69 Å². The van der Waals surface area contributed by atoms with Crippen molar-refractivity contribution in [3.8, 4) is 0 Å². The van der Waals surface area contributed by atoms with Crippen LogP contribution in [0.25, 0.3) is 0 Å². The lowest BCUT2D eigenvalue weighted by molar-refractivity contribution is -0.131. The van der Waals surface area contributed by atoms with Crippen molar-refractivity contribution in [3.63, 3.8) is 0 Å². The highest BCUT2D eigenvalue weighted by Gasteiger charge is 2.18. The number of nitrogens with zero attached hydrogens (tertiary/aromatic N) is 1. The number of carbonyl (C=O) groups is 1. The van der Waals surface area contributed by atoms with Gasteiger partial charge in [-0.1, -0.05) is 37.8 Å². The number of hydrogen-bond donors (Lipinski definition) is 2. The number of rotatable bonds is 11. The molecule has 1 aromatic carbocycles. The minimum atomic E-state index is -3.31. The number of aliphatic hydroxyl groups is 1. The lowest BCUT2D eigenvalue weighted by atomic mass is 10.0. The van der Waals surface area contributed by atoms with Crippen molar-refractivity contribution in [3.05, 3.63) is 29.8 Å². The SMILES string of the molecule is CCN(CCCC(O)c1ccc(NS(C)(=O)=O)cc1)C(=O)CCC1CCCC1. The average Bonchev–Trinajstić information content (AvgIpc) is 3.16. The van der Waals surface area contributed by atoms with Gasteiger partial charge in [0.1, 0.15) is 0 Å². The molecule has 0 aromatic heterocycles. The third-order valence-electron chi connectivity index (χ3n) is 5.48. The van der Waals surface area contributed by atoms with Crippen LogP contribution in [0.5, 0.6) is 0 Å². The topological polar surface area (TPSA) is 86.7 Å². The number of anilines is 1. The molecular weight excluding hydrogens is 376 g/mol. The minimum absolute atomic E-state index is 0.222. The van der Waals surface area contributed by atoms with E-state index in [9.17, 15) is 18.3 Å². The monoisotopic (exact) mass is 410 g/mol. The first-order valence-electron chi connectivity index (χ1n) is 10.3. The van der Waals surface area contributed by atoms with E-state index in [0.29, 0.717) is 31.6 Å². The van der Waals surface area contributed by atoms with Gasteiger partial charge in [0.15, 0.2) is 0 Å². The Bertz CT molecular complexity index is 712. The van der Waals surface area contributed by atoms with Gasteiger partial charge in [0.25, 0.3) is 0 Å². The highest BCUT2D eigenvalue weighted by atomic mass is 32.2. The fourth-order valence-corrected chi connectivity index (χ4v) is 4.44. The van der Waals surface area contributed by atoms with E-state index < -0.39 is 16.1 Å². The molecule has 0 heterocycles. The van der Waals surface area contributed by atoms with Crippen molar-refractivity contribution >= 4 is 21.6 Å². The van der Waals surface area contributed by atoms with Crippen molar-refractivity contribution in [2.24, 2.45) is 5.92 Å². The molecule has 7 heteroatoms. The van der Waals surface area contributed by atoms with Crippen LogP contribution >= 0.6 is 0 Å². The van der Waals surface area contributed by atoms with Crippen LogP contribution in [-0.2, 0) is 14.8 Å². The predicted molar refractivity (Wildman–Crippen MR) is 113 cm³/mol. The van der Waals surface area contributed by atoms with Crippen LogP contribution in [0.1, 0.15) is 70.0 Å². The molecular formula is C21H34N2O4S. The van der Waals surface area contributed by atoms with E-state index >= 15 is 0 Å². The summed E-state index contributed by atoms with van der Waals surface area (Å²) in [7, 11) is -3.31. The molecule has 1 amide bonds. The molecule has 2 rings (SSSR count). The molecule has 2 N–H and O–H groups in total. The largest absolute Gasteiger partial charge is 0.388 e. The van der Waals surface area contributed by atoms with Gasteiger partial charge < -0.3 is 10.0 Å². The molecule has 1 unspecified atom stereocenters. The molecule has 1 aliphatic carbocycles. The third kappa shape index (κ3) is 7.80. The van der Waals surface area contributed by atoms with Gasteiger partial charge in [-0.15, -0.1) is 0 Å². The van der Waals surface area contributed by atoms with Crippen LogP contribution in [0.2, 0.25) is 0 Å².